The zero-order valence-electron chi connectivity index (χ0n) is 15.2. The van der Waals surface area contributed by atoms with Gasteiger partial charge in [-0.1, -0.05) is 12.1 Å². The van der Waals surface area contributed by atoms with Crippen molar-refractivity contribution in [3.63, 3.8) is 0 Å². The molecule has 0 aliphatic carbocycles. The Morgan fingerprint density at radius 3 is 2.50 bits per heavy atom. The molecular weight excluding hydrogens is 354 g/mol. The Labute approximate surface area is 155 Å². The first kappa shape index (κ1) is 19.3. The number of piperazine rings is 1. The van der Waals surface area contributed by atoms with Gasteiger partial charge in [0.25, 0.3) is 5.91 Å². The van der Waals surface area contributed by atoms with E-state index in [1.807, 2.05) is 7.05 Å². The summed E-state index contributed by atoms with van der Waals surface area (Å²) in [5.41, 5.74) is 1.23. The maximum absolute atomic E-state index is 12.5. The van der Waals surface area contributed by atoms with Gasteiger partial charge in [-0.25, -0.2) is 8.42 Å². The number of hydrogen-bond donors (Lipinski definition) is 1. The van der Waals surface area contributed by atoms with Crippen molar-refractivity contribution in [3.8, 4) is 0 Å². The summed E-state index contributed by atoms with van der Waals surface area (Å²) in [6.07, 6.45) is 2.12. The average molecular weight is 381 g/mol. The summed E-state index contributed by atoms with van der Waals surface area (Å²) >= 11 is 0. The molecule has 26 heavy (non-hydrogen) atoms. The van der Waals surface area contributed by atoms with Crippen molar-refractivity contribution in [2.75, 3.05) is 46.4 Å². The fourth-order valence-electron chi connectivity index (χ4n) is 3.23. The van der Waals surface area contributed by atoms with Crippen LogP contribution in [0.3, 0.4) is 0 Å². The van der Waals surface area contributed by atoms with Crippen LogP contribution >= 0.6 is 0 Å². The lowest BCUT2D eigenvalue weighted by Crippen LogP contribution is -2.47. The summed E-state index contributed by atoms with van der Waals surface area (Å²) in [6, 6.07) is 6.79. The fourth-order valence-corrected chi connectivity index (χ4v) is 4.75. The second-order valence-electron chi connectivity index (χ2n) is 7.00. The molecular formula is C18H27N3O4S. The van der Waals surface area contributed by atoms with Gasteiger partial charge in [0.2, 0.25) is 10.0 Å². The van der Waals surface area contributed by atoms with Crippen molar-refractivity contribution < 1.29 is 17.9 Å². The Bertz CT molecular complexity index is 706. The van der Waals surface area contributed by atoms with Gasteiger partial charge in [-0.05, 0) is 37.6 Å². The number of likely N-dealkylation sites (N-methyl/N-ethyl adjacent to an activating group) is 1. The summed E-state index contributed by atoms with van der Waals surface area (Å²) in [7, 11) is -1.33. The molecule has 8 heteroatoms. The van der Waals surface area contributed by atoms with Gasteiger partial charge >= 0.3 is 0 Å². The molecule has 2 aliphatic heterocycles. The quantitative estimate of drug-likeness (QED) is 0.784. The van der Waals surface area contributed by atoms with Gasteiger partial charge in [-0.3, -0.25) is 4.79 Å². The minimum atomic E-state index is -3.32. The molecule has 2 heterocycles. The Balaban J connectivity index is 1.54. The average Bonchev–Trinajstić information content (AvgIpc) is 3.14. The molecule has 2 fully saturated rings. The molecule has 0 radical (unpaired) electrons. The molecule has 144 valence electrons. The minimum Gasteiger partial charge on any atom is -0.376 e. The van der Waals surface area contributed by atoms with E-state index in [2.05, 4.69) is 10.2 Å². The maximum Gasteiger partial charge on any atom is 0.251 e. The number of benzene rings is 1. The lowest BCUT2D eigenvalue weighted by Gasteiger charge is -2.31. The predicted octanol–water partition coefficient (Wildman–Crippen LogP) is 0.673. The van der Waals surface area contributed by atoms with Crippen molar-refractivity contribution in [3.05, 3.63) is 35.4 Å². The highest BCUT2D eigenvalue weighted by molar-refractivity contribution is 7.88. The largest absolute Gasteiger partial charge is 0.376 e. The van der Waals surface area contributed by atoms with E-state index in [4.69, 9.17) is 4.74 Å². The summed E-state index contributed by atoms with van der Waals surface area (Å²) in [5, 5.41) is 2.87. The van der Waals surface area contributed by atoms with Crippen LogP contribution < -0.4 is 5.32 Å². The third kappa shape index (κ3) is 5.03. The first-order valence-corrected chi connectivity index (χ1v) is 10.7. The summed E-state index contributed by atoms with van der Waals surface area (Å²) in [5.74, 6) is -0.192. The number of hydrogen-bond acceptors (Lipinski definition) is 5. The van der Waals surface area contributed by atoms with Gasteiger partial charge in [0.05, 0.1) is 11.9 Å². The maximum atomic E-state index is 12.5. The number of carbonyl (C=O) groups is 1. The molecule has 2 aliphatic rings. The van der Waals surface area contributed by atoms with Crippen LogP contribution in [0.25, 0.3) is 0 Å². The van der Waals surface area contributed by atoms with Gasteiger partial charge in [-0.15, -0.1) is 0 Å². The summed E-state index contributed by atoms with van der Waals surface area (Å²) < 4.78 is 32.1. The molecule has 0 aromatic heterocycles. The minimum absolute atomic E-state index is 0.0332. The van der Waals surface area contributed by atoms with Gasteiger partial charge in [0.15, 0.2) is 0 Å². The summed E-state index contributed by atoms with van der Waals surface area (Å²) in [6.45, 7) is 3.84. The van der Waals surface area contributed by atoms with Crippen LogP contribution in [0.4, 0.5) is 0 Å². The number of carbonyl (C=O) groups excluding carboxylic acids is 1. The van der Waals surface area contributed by atoms with Crippen LogP contribution in [0.2, 0.25) is 0 Å². The molecule has 2 saturated heterocycles. The van der Waals surface area contributed by atoms with Gasteiger partial charge in [-0.2, -0.15) is 4.31 Å². The lowest BCUT2D eigenvalue weighted by atomic mass is 10.1. The second-order valence-corrected chi connectivity index (χ2v) is 8.97. The van der Waals surface area contributed by atoms with Crippen LogP contribution in [0.15, 0.2) is 24.3 Å². The zero-order chi connectivity index (χ0) is 18.6. The molecule has 0 bridgehead atoms. The van der Waals surface area contributed by atoms with Crippen LogP contribution in [-0.4, -0.2) is 76.0 Å². The lowest BCUT2D eigenvalue weighted by molar-refractivity contribution is 0.0858. The molecule has 1 aromatic carbocycles. The highest BCUT2D eigenvalue weighted by Crippen LogP contribution is 2.15. The number of ether oxygens (including phenoxy) is 1. The van der Waals surface area contributed by atoms with E-state index in [0.717, 1.165) is 32.5 Å². The van der Waals surface area contributed by atoms with E-state index in [1.165, 1.54) is 0 Å². The molecule has 1 atom stereocenters. The van der Waals surface area contributed by atoms with Crippen LogP contribution in [-0.2, 0) is 20.5 Å². The normalized spacial score (nSPS) is 22.4. The Morgan fingerprint density at radius 1 is 1.19 bits per heavy atom. The highest BCUT2D eigenvalue weighted by Gasteiger charge is 2.26. The number of amides is 1. The van der Waals surface area contributed by atoms with E-state index in [-0.39, 0.29) is 17.8 Å². The standard InChI is InChI=1S/C18H27N3O4S/c1-20-8-10-21(11-9-20)26(23,24)14-15-4-6-16(7-5-15)18(22)19-13-17-3-2-12-25-17/h4-7,17H,2-3,8-14H2,1H3,(H,19,22). The monoisotopic (exact) mass is 381 g/mol. The molecule has 7 nitrogen and oxygen atoms in total. The van der Waals surface area contributed by atoms with Crippen LogP contribution in [0.5, 0.6) is 0 Å². The number of nitrogens with one attached hydrogen (secondary N) is 1. The topological polar surface area (TPSA) is 79.0 Å². The van der Waals surface area contributed by atoms with Gasteiger partial charge < -0.3 is 15.0 Å². The Hall–Kier alpha value is -1.48. The molecule has 0 saturated carbocycles. The van der Waals surface area contributed by atoms with Crippen LogP contribution in [0.1, 0.15) is 28.8 Å². The Kier molecular flexibility index (Phi) is 6.29. The SMILES string of the molecule is CN1CCN(S(=O)(=O)Cc2ccc(C(=O)NCC3CCCO3)cc2)CC1. The first-order valence-electron chi connectivity index (χ1n) is 9.09. The van der Waals surface area contributed by atoms with Gasteiger partial charge in [0.1, 0.15) is 0 Å². The number of nitrogens with zero attached hydrogens (tertiary/aromatic N) is 2. The van der Waals surface area contributed by atoms with Crippen molar-refractivity contribution in [2.45, 2.75) is 24.7 Å². The van der Waals surface area contributed by atoms with Crippen molar-refractivity contribution in [2.24, 2.45) is 0 Å². The third-order valence-corrected chi connectivity index (χ3v) is 6.79. The van der Waals surface area contributed by atoms with E-state index in [9.17, 15) is 13.2 Å². The predicted molar refractivity (Wildman–Crippen MR) is 99.4 cm³/mol. The van der Waals surface area contributed by atoms with Crippen molar-refractivity contribution in [1.82, 2.24) is 14.5 Å². The van der Waals surface area contributed by atoms with E-state index < -0.39 is 10.0 Å². The Morgan fingerprint density at radius 2 is 1.88 bits per heavy atom. The summed E-state index contributed by atoms with van der Waals surface area (Å²) in [4.78, 5) is 14.3. The molecule has 1 amide bonds. The smallest absolute Gasteiger partial charge is 0.251 e. The second kappa shape index (κ2) is 8.47. The number of sulfonamides is 1. The molecule has 0 spiro atoms. The molecule has 1 N–H and O–H groups in total. The van der Waals surface area contributed by atoms with Crippen molar-refractivity contribution in [1.29, 1.82) is 0 Å². The highest BCUT2D eigenvalue weighted by atomic mass is 32.2. The van der Waals surface area contributed by atoms with Crippen LogP contribution in [0, 0.1) is 0 Å². The van der Waals surface area contributed by atoms with Gasteiger partial charge in [0, 0.05) is 44.9 Å². The van der Waals surface area contributed by atoms with E-state index in [0.29, 0.717) is 30.8 Å². The molecule has 3 rings (SSSR count). The van der Waals surface area contributed by atoms with E-state index in [1.54, 1.807) is 28.6 Å². The molecule has 1 aromatic rings. The van der Waals surface area contributed by atoms with Crippen molar-refractivity contribution >= 4 is 15.9 Å². The number of rotatable bonds is 6. The zero-order valence-corrected chi connectivity index (χ0v) is 16.0. The fraction of sp³-hybridized carbons (Fsp3) is 0.611. The third-order valence-electron chi connectivity index (χ3n) is 4.94. The van der Waals surface area contributed by atoms with E-state index >= 15 is 0 Å². The first-order chi connectivity index (χ1) is 12.4. The molecule has 1 unspecified atom stereocenters.